The van der Waals surface area contributed by atoms with Gasteiger partial charge >= 0.3 is 0 Å². The van der Waals surface area contributed by atoms with Gasteiger partial charge in [0.05, 0.1) is 6.04 Å². The van der Waals surface area contributed by atoms with E-state index in [1.807, 2.05) is 11.6 Å². The maximum absolute atomic E-state index is 4.17. The fourth-order valence-corrected chi connectivity index (χ4v) is 2.67. The van der Waals surface area contributed by atoms with Gasteiger partial charge in [-0.3, -0.25) is 0 Å². The maximum Gasteiger partial charge on any atom is 0.149 e. The van der Waals surface area contributed by atoms with Crippen LogP contribution in [0.3, 0.4) is 0 Å². The smallest absolute Gasteiger partial charge is 0.149 e. The Hall–Kier alpha value is -1.68. The molecule has 0 aliphatic heterocycles. The highest BCUT2D eigenvalue weighted by atomic mass is 15.3. The standard InChI is InChI=1S/C16H24N4/c1-10-7-12(3)15(8-11(10)2)13(4)18-14(5)16-19-17-9-20(16)6/h7-9,13-14,18H,1-6H3. The second kappa shape index (κ2) is 5.75. The molecule has 2 aromatic rings. The average molecular weight is 272 g/mol. The third kappa shape index (κ3) is 2.90. The van der Waals surface area contributed by atoms with Crippen LogP contribution < -0.4 is 5.32 Å². The number of hydrogen-bond donors (Lipinski definition) is 1. The molecule has 0 radical (unpaired) electrons. The van der Waals surface area contributed by atoms with Crippen LogP contribution in [0.5, 0.6) is 0 Å². The van der Waals surface area contributed by atoms with Gasteiger partial charge in [0.2, 0.25) is 0 Å². The van der Waals surface area contributed by atoms with Crippen molar-refractivity contribution in [3.63, 3.8) is 0 Å². The summed E-state index contributed by atoms with van der Waals surface area (Å²) in [6, 6.07) is 4.99. The monoisotopic (exact) mass is 272 g/mol. The molecule has 1 N–H and O–H groups in total. The van der Waals surface area contributed by atoms with Crippen molar-refractivity contribution >= 4 is 0 Å². The molecule has 0 saturated carbocycles. The van der Waals surface area contributed by atoms with E-state index in [0.29, 0.717) is 0 Å². The highest BCUT2D eigenvalue weighted by Gasteiger charge is 2.16. The molecule has 4 heteroatoms. The molecule has 2 rings (SSSR count). The van der Waals surface area contributed by atoms with Crippen molar-refractivity contribution in [1.82, 2.24) is 20.1 Å². The molecule has 0 aliphatic carbocycles. The zero-order valence-electron chi connectivity index (χ0n) is 13.2. The van der Waals surface area contributed by atoms with Gasteiger partial charge in [-0.05, 0) is 56.9 Å². The molecule has 1 aromatic heterocycles. The summed E-state index contributed by atoms with van der Waals surface area (Å²) in [4.78, 5) is 0. The van der Waals surface area contributed by atoms with Crippen LogP contribution in [0, 0.1) is 20.8 Å². The Morgan fingerprint density at radius 1 is 1.00 bits per heavy atom. The predicted molar refractivity (Wildman–Crippen MR) is 81.6 cm³/mol. The third-order valence-electron chi connectivity index (χ3n) is 3.98. The molecule has 108 valence electrons. The lowest BCUT2D eigenvalue weighted by molar-refractivity contribution is 0.464. The van der Waals surface area contributed by atoms with Crippen molar-refractivity contribution in [2.75, 3.05) is 0 Å². The van der Waals surface area contributed by atoms with Crippen LogP contribution in [0.4, 0.5) is 0 Å². The molecule has 2 atom stereocenters. The number of aryl methyl sites for hydroxylation is 4. The normalized spacial score (nSPS) is 14.3. The topological polar surface area (TPSA) is 42.7 Å². The maximum atomic E-state index is 4.17. The first kappa shape index (κ1) is 14.7. The lowest BCUT2D eigenvalue weighted by Gasteiger charge is -2.22. The Bertz CT molecular complexity index is 601. The number of nitrogens with zero attached hydrogens (tertiary/aromatic N) is 3. The minimum absolute atomic E-state index is 0.165. The number of benzene rings is 1. The van der Waals surface area contributed by atoms with E-state index in [1.54, 1.807) is 6.33 Å². The Morgan fingerprint density at radius 2 is 1.65 bits per heavy atom. The summed E-state index contributed by atoms with van der Waals surface area (Å²) in [5.74, 6) is 0.957. The number of rotatable bonds is 4. The van der Waals surface area contributed by atoms with E-state index >= 15 is 0 Å². The van der Waals surface area contributed by atoms with Crippen LogP contribution >= 0.6 is 0 Å². The molecule has 0 aliphatic rings. The first-order chi connectivity index (χ1) is 9.40. The van der Waals surface area contributed by atoms with E-state index in [2.05, 4.69) is 62.3 Å². The predicted octanol–water partition coefficient (Wildman–Crippen LogP) is 3.15. The molecule has 0 spiro atoms. The van der Waals surface area contributed by atoms with Gasteiger partial charge in [-0.15, -0.1) is 10.2 Å². The van der Waals surface area contributed by atoms with Gasteiger partial charge in [-0.1, -0.05) is 12.1 Å². The molecular formula is C16H24N4. The summed E-state index contributed by atoms with van der Waals surface area (Å²) in [6.45, 7) is 10.8. The van der Waals surface area contributed by atoms with Crippen molar-refractivity contribution < 1.29 is 0 Å². The van der Waals surface area contributed by atoms with Crippen molar-refractivity contribution in [3.8, 4) is 0 Å². The molecule has 1 heterocycles. The fourth-order valence-electron chi connectivity index (χ4n) is 2.67. The number of hydrogen-bond acceptors (Lipinski definition) is 3. The summed E-state index contributed by atoms with van der Waals surface area (Å²) in [5.41, 5.74) is 5.37. The number of aromatic nitrogens is 3. The molecule has 4 nitrogen and oxygen atoms in total. The quantitative estimate of drug-likeness (QED) is 0.929. The van der Waals surface area contributed by atoms with Gasteiger partial charge in [0.1, 0.15) is 12.2 Å². The van der Waals surface area contributed by atoms with Crippen LogP contribution in [0.15, 0.2) is 18.5 Å². The minimum atomic E-state index is 0.165. The lowest BCUT2D eigenvalue weighted by atomic mass is 9.96. The van der Waals surface area contributed by atoms with E-state index in [0.717, 1.165) is 5.82 Å². The van der Waals surface area contributed by atoms with Gasteiger partial charge in [-0.2, -0.15) is 0 Å². The fraction of sp³-hybridized carbons (Fsp3) is 0.500. The second-order valence-electron chi connectivity index (χ2n) is 5.70. The van der Waals surface area contributed by atoms with Gasteiger partial charge in [0.15, 0.2) is 0 Å². The van der Waals surface area contributed by atoms with Crippen LogP contribution in [0.2, 0.25) is 0 Å². The van der Waals surface area contributed by atoms with E-state index < -0.39 is 0 Å². The molecule has 0 bridgehead atoms. The lowest BCUT2D eigenvalue weighted by Crippen LogP contribution is -2.25. The first-order valence-corrected chi connectivity index (χ1v) is 7.07. The van der Waals surface area contributed by atoms with Gasteiger partial charge < -0.3 is 9.88 Å². The van der Waals surface area contributed by atoms with Crippen LogP contribution in [0.25, 0.3) is 0 Å². The average Bonchev–Trinajstić information content (AvgIpc) is 2.80. The molecule has 1 aromatic carbocycles. The van der Waals surface area contributed by atoms with Crippen LogP contribution in [0.1, 0.15) is 54.0 Å². The molecule has 20 heavy (non-hydrogen) atoms. The summed E-state index contributed by atoms with van der Waals surface area (Å²) in [6.07, 6.45) is 1.74. The largest absolute Gasteiger partial charge is 0.319 e. The summed E-state index contributed by atoms with van der Waals surface area (Å²) in [5, 5.41) is 11.7. The molecule has 0 saturated heterocycles. The van der Waals surface area contributed by atoms with Crippen LogP contribution in [-0.4, -0.2) is 14.8 Å². The van der Waals surface area contributed by atoms with Gasteiger partial charge in [0.25, 0.3) is 0 Å². The number of nitrogens with one attached hydrogen (secondary N) is 1. The highest BCUT2D eigenvalue weighted by Crippen LogP contribution is 2.23. The third-order valence-corrected chi connectivity index (χ3v) is 3.98. The Morgan fingerprint density at radius 3 is 2.25 bits per heavy atom. The Labute approximate surface area is 121 Å². The Balaban J connectivity index is 2.18. The zero-order chi connectivity index (χ0) is 14.9. The summed E-state index contributed by atoms with van der Waals surface area (Å²) < 4.78 is 1.96. The first-order valence-electron chi connectivity index (χ1n) is 7.07. The van der Waals surface area contributed by atoms with Crippen molar-refractivity contribution in [2.24, 2.45) is 7.05 Å². The molecular weight excluding hydrogens is 248 g/mol. The van der Waals surface area contributed by atoms with Crippen molar-refractivity contribution in [3.05, 3.63) is 46.5 Å². The van der Waals surface area contributed by atoms with Crippen molar-refractivity contribution in [2.45, 2.75) is 46.7 Å². The van der Waals surface area contributed by atoms with E-state index in [-0.39, 0.29) is 12.1 Å². The highest BCUT2D eigenvalue weighted by molar-refractivity contribution is 5.38. The molecule has 0 fully saturated rings. The summed E-state index contributed by atoms with van der Waals surface area (Å²) >= 11 is 0. The molecule has 2 unspecified atom stereocenters. The van der Waals surface area contributed by atoms with Gasteiger partial charge in [-0.25, -0.2) is 0 Å². The SMILES string of the molecule is Cc1cc(C)c(C(C)NC(C)c2nncn2C)cc1C. The second-order valence-corrected chi connectivity index (χ2v) is 5.70. The summed E-state index contributed by atoms with van der Waals surface area (Å²) in [7, 11) is 1.97. The Kier molecular flexibility index (Phi) is 4.23. The molecule has 0 amide bonds. The van der Waals surface area contributed by atoms with E-state index in [9.17, 15) is 0 Å². The van der Waals surface area contributed by atoms with E-state index in [4.69, 9.17) is 0 Å². The van der Waals surface area contributed by atoms with E-state index in [1.165, 1.54) is 22.3 Å². The van der Waals surface area contributed by atoms with Crippen molar-refractivity contribution in [1.29, 1.82) is 0 Å². The zero-order valence-corrected chi connectivity index (χ0v) is 13.2. The van der Waals surface area contributed by atoms with Crippen LogP contribution in [-0.2, 0) is 7.05 Å². The minimum Gasteiger partial charge on any atom is -0.319 e. The van der Waals surface area contributed by atoms with Gasteiger partial charge in [0, 0.05) is 13.1 Å².